The zero-order chi connectivity index (χ0) is 18.8. The third-order valence-corrected chi connectivity index (χ3v) is 4.99. The Morgan fingerprint density at radius 3 is 2.81 bits per heavy atom. The van der Waals surface area contributed by atoms with E-state index in [1.54, 1.807) is 33.8 Å². The van der Waals surface area contributed by atoms with Crippen molar-refractivity contribution in [2.45, 2.75) is 25.4 Å². The van der Waals surface area contributed by atoms with Crippen LogP contribution < -0.4 is 5.56 Å². The third kappa shape index (κ3) is 3.78. The molecular weight excluding hydrogens is 346 g/mol. The van der Waals surface area contributed by atoms with Crippen LogP contribution in [0.2, 0.25) is 0 Å². The summed E-state index contributed by atoms with van der Waals surface area (Å²) in [4.78, 5) is 23.3. The lowest BCUT2D eigenvalue weighted by molar-refractivity contribution is 0.00597. The Hall–Kier alpha value is -2.93. The molecule has 2 aromatic heterocycles. The predicted octanol–water partition coefficient (Wildman–Crippen LogP) is 2.06. The molecule has 0 spiro atoms. The fraction of sp³-hybridized carbons (Fsp3) is 0.350. The molecule has 3 heterocycles. The van der Waals surface area contributed by atoms with Gasteiger partial charge < -0.3 is 14.4 Å². The van der Waals surface area contributed by atoms with Crippen molar-refractivity contribution in [1.82, 2.24) is 14.3 Å². The number of pyridine rings is 1. The number of rotatable bonds is 6. The molecule has 2 aromatic rings. The zero-order valence-electron chi connectivity index (χ0n) is 14.8. The van der Waals surface area contributed by atoms with E-state index in [2.05, 4.69) is 17.3 Å². The molecule has 7 heteroatoms. The van der Waals surface area contributed by atoms with E-state index in [1.807, 2.05) is 12.1 Å². The number of carbonyl (C=O) groups is 1. The molecule has 27 heavy (non-hydrogen) atoms. The zero-order valence-corrected chi connectivity index (χ0v) is 14.8. The first-order valence-electron chi connectivity index (χ1n) is 9.01. The van der Waals surface area contributed by atoms with Crippen LogP contribution in [0.1, 0.15) is 28.4 Å². The van der Waals surface area contributed by atoms with E-state index >= 15 is 0 Å². The number of allylic oxidation sites excluding steroid dienone is 4. The summed E-state index contributed by atoms with van der Waals surface area (Å²) in [5.41, 5.74) is 1.95. The molecular formula is C20H21N3O4. The molecule has 7 nitrogen and oxygen atoms in total. The largest absolute Gasteiger partial charge is 0.478 e. The topological polar surface area (TPSA) is 86.3 Å². The van der Waals surface area contributed by atoms with Crippen LogP contribution in [0.3, 0.4) is 0 Å². The van der Waals surface area contributed by atoms with Crippen LogP contribution in [0, 0.1) is 5.92 Å². The van der Waals surface area contributed by atoms with E-state index in [4.69, 9.17) is 4.74 Å². The van der Waals surface area contributed by atoms with Crippen molar-refractivity contribution in [3.8, 4) is 0 Å². The second-order valence-corrected chi connectivity index (χ2v) is 6.99. The smallest absolute Gasteiger partial charge is 0.339 e. The first-order chi connectivity index (χ1) is 13.1. The van der Waals surface area contributed by atoms with Gasteiger partial charge in [-0.15, -0.1) is 0 Å². The first-order valence-corrected chi connectivity index (χ1v) is 9.01. The van der Waals surface area contributed by atoms with Gasteiger partial charge in [-0.3, -0.25) is 9.48 Å². The van der Waals surface area contributed by atoms with Gasteiger partial charge in [0.1, 0.15) is 5.56 Å². The molecule has 2 aliphatic rings. The number of carboxylic acids is 1. The van der Waals surface area contributed by atoms with E-state index in [0.29, 0.717) is 32.0 Å². The van der Waals surface area contributed by atoms with Gasteiger partial charge in [0.2, 0.25) is 0 Å². The Morgan fingerprint density at radius 2 is 2.19 bits per heavy atom. The summed E-state index contributed by atoms with van der Waals surface area (Å²) < 4.78 is 8.57. The maximum atomic E-state index is 11.8. The molecule has 1 atom stereocenters. The van der Waals surface area contributed by atoms with Crippen LogP contribution in [-0.4, -0.2) is 38.6 Å². The Labute approximate surface area is 156 Å². The highest BCUT2D eigenvalue weighted by atomic mass is 16.5. The Balaban J connectivity index is 1.42. The molecule has 140 valence electrons. The minimum Gasteiger partial charge on any atom is -0.478 e. The highest BCUT2D eigenvalue weighted by molar-refractivity contribution is 5.88. The fourth-order valence-electron chi connectivity index (χ4n) is 3.39. The van der Waals surface area contributed by atoms with Gasteiger partial charge in [0.25, 0.3) is 5.56 Å². The quantitative estimate of drug-likeness (QED) is 0.845. The van der Waals surface area contributed by atoms with Gasteiger partial charge in [-0.2, -0.15) is 5.10 Å². The normalized spacial score (nSPS) is 19.6. The lowest BCUT2D eigenvalue weighted by Crippen LogP contribution is -2.27. The molecule has 0 amide bonds. The lowest BCUT2D eigenvalue weighted by Gasteiger charge is -2.24. The molecule has 0 radical (unpaired) electrons. The molecule has 1 saturated heterocycles. The lowest BCUT2D eigenvalue weighted by atomic mass is 9.96. The summed E-state index contributed by atoms with van der Waals surface area (Å²) in [5.74, 6) is -0.616. The number of carboxylic acid groups (broad SMARTS) is 1. The number of hydrogen-bond donors (Lipinski definition) is 1. The van der Waals surface area contributed by atoms with Crippen molar-refractivity contribution in [2.24, 2.45) is 5.92 Å². The van der Waals surface area contributed by atoms with Crippen molar-refractivity contribution >= 4 is 5.97 Å². The Kier molecular flexibility index (Phi) is 4.77. The highest BCUT2D eigenvalue weighted by Gasteiger charge is 2.29. The van der Waals surface area contributed by atoms with Gasteiger partial charge >= 0.3 is 5.97 Å². The monoisotopic (exact) mass is 367 g/mol. The van der Waals surface area contributed by atoms with Crippen molar-refractivity contribution in [2.75, 3.05) is 13.2 Å². The summed E-state index contributed by atoms with van der Waals surface area (Å²) in [7, 11) is 0. The summed E-state index contributed by atoms with van der Waals surface area (Å²) >= 11 is 0. The molecule has 1 unspecified atom stereocenters. The van der Waals surface area contributed by atoms with Gasteiger partial charge in [0, 0.05) is 25.0 Å². The average molecular weight is 367 g/mol. The molecule has 1 fully saturated rings. The summed E-state index contributed by atoms with van der Waals surface area (Å²) in [6.07, 6.45) is 10.5. The SMILES string of the molecule is O=C(O)c1cn(CC2=CCC(Cn3ccccc3=O)C=C2)nc1C1COC1. The molecule has 0 saturated carbocycles. The molecule has 0 bridgehead atoms. The molecule has 1 aliphatic heterocycles. The van der Waals surface area contributed by atoms with Gasteiger partial charge in [-0.25, -0.2) is 4.79 Å². The summed E-state index contributed by atoms with van der Waals surface area (Å²) in [5, 5.41) is 13.9. The number of ether oxygens (including phenoxy) is 1. The van der Waals surface area contributed by atoms with E-state index in [1.165, 1.54) is 0 Å². The van der Waals surface area contributed by atoms with Crippen molar-refractivity contribution in [3.05, 3.63) is 76.0 Å². The minimum absolute atomic E-state index is 0.00548. The van der Waals surface area contributed by atoms with Gasteiger partial charge in [-0.1, -0.05) is 24.3 Å². The number of nitrogens with zero attached hydrogens (tertiary/aromatic N) is 3. The van der Waals surface area contributed by atoms with Crippen LogP contribution >= 0.6 is 0 Å². The van der Waals surface area contributed by atoms with Crippen LogP contribution in [0.5, 0.6) is 0 Å². The fourth-order valence-corrected chi connectivity index (χ4v) is 3.39. The highest BCUT2D eigenvalue weighted by Crippen LogP contribution is 2.26. The van der Waals surface area contributed by atoms with E-state index in [9.17, 15) is 14.7 Å². The van der Waals surface area contributed by atoms with Crippen LogP contribution in [-0.2, 0) is 17.8 Å². The maximum Gasteiger partial charge on any atom is 0.339 e. The second kappa shape index (κ2) is 7.36. The average Bonchev–Trinajstić information content (AvgIpc) is 3.00. The van der Waals surface area contributed by atoms with Gasteiger partial charge in [0.15, 0.2) is 0 Å². The van der Waals surface area contributed by atoms with Gasteiger partial charge in [0.05, 0.1) is 31.4 Å². The minimum atomic E-state index is -0.954. The molecule has 1 aliphatic carbocycles. The van der Waals surface area contributed by atoms with Crippen LogP contribution in [0.25, 0.3) is 0 Å². The second-order valence-electron chi connectivity index (χ2n) is 6.99. The number of hydrogen-bond acceptors (Lipinski definition) is 4. The first kappa shape index (κ1) is 17.5. The summed E-state index contributed by atoms with van der Waals surface area (Å²) in [6.45, 7) is 2.24. The molecule has 1 N–H and O–H groups in total. The standard InChI is InChI=1S/C20H21N3O4/c24-18-3-1-2-8-22(18)9-14-4-6-15(7-5-14)10-23-11-17(20(25)26)19(21-23)16-12-27-13-16/h1-4,6-8,11,14,16H,5,9-10,12-13H2,(H,25,26). The number of aromatic carboxylic acids is 1. The number of aromatic nitrogens is 3. The van der Waals surface area contributed by atoms with Crippen molar-refractivity contribution < 1.29 is 14.6 Å². The predicted molar refractivity (Wildman–Crippen MR) is 98.8 cm³/mol. The Morgan fingerprint density at radius 1 is 1.33 bits per heavy atom. The Bertz CT molecular complexity index is 966. The van der Waals surface area contributed by atoms with Gasteiger partial charge in [-0.05, 0) is 24.0 Å². The maximum absolute atomic E-state index is 11.8. The van der Waals surface area contributed by atoms with E-state index in [-0.39, 0.29) is 23.0 Å². The van der Waals surface area contributed by atoms with Crippen LogP contribution in [0.15, 0.2) is 59.2 Å². The van der Waals surface area contributed by atoms with E-state index in [0.717, 1.165) is 12.0 Å². The molecule has 0 aromatic carbocycles. The van der Waals surface area contributed by atoms with Crippen molar-refractivity contribution in [3.63, 3.8) is 0 Å². The van der Waals surface area contributed by atoms with Crippen molar-refractivity contribution in [1.29, 1.82) is 0 Å². The van der Waals surface area contributed by atoms with Crippen LogP contribution in [0.4, 0.5) is 0 Å². The summed E-state index contributed by atoms with van der Waals surface area (Å²) in [6, 6.07) is 5.17. The molecule has 4 rings (SSSR count). The third-order valence-electron chi connectivity index (χ3n) is 4.99. The van der Waals surface area contributed by atoms with E-state index < -0.39 is 5.97 Å².